The minimum atomic E-state index is -4.59. The Balaban J connectivity index is 1.73. The van der Waals surface area contributed by atoms with Gasteiger partial charge >= 0.3 is 269 Å². The van der Waals surface area contributed by atoms with Crippen molar-refractivity contribution in [3.05, 3.63) is 174 Å². The van der Waals surface area contributed by atoms with Crippen LogP contribution in [0.4, 0.5) is 13.2 Å². The molecular weight excluding hydrogens is 642 g/mol. The van der Waals surface area contributed by atoms with Crippen LogP contribution in [0.3, 0.4) is 0 Å². The zero-order valence-corrected chi connectivity index (χ0v) is 28.8. The fraction of sp³-hybridized carbons (Fsp3) is 0.128. The molecule has 5 aromatic carbocycles. The Kier molecular flexibility index (Phi) is 9.70. The summed E-state index contributed by atoms with van der Waals surface area (Å²) in [4.78, 5) is 0. The van der Waals surface area contributed by atoms with Crippen LogP contribution in [-0.4, -0.2) is 27.8 Å². The summed E-state index contributed by atoms with van der Waals surface area (Å²) in [5, 5.41) is 1.78. The first-order valence-electron chi connectivity index (χ1n) is 15.0. The van der Waals surface area contributed by atoms with E-state index < -0.39 is 32.2 Å². The molecule has 5 aromatic rings. The summed E-state index contributed by atoms with van der Waals surface area (Å²) in [5.41, 5.74) is 0. The average Bonchev–Trinajstić information content (AvgIpc) is 3.05. The summed E-state index contributed by atoms with van der Waals surface area (Å²) in [6.45, 7) is 6.43. The molecule has 0 aliphatic carbocycles. The van der Waals surface area contributed by atoms with Crippen LogP contribution in [0.2, 0.25) is 5.04 Å². The molecule has 0 atom stereocenters. The quantitative estimate of drug-likeness (QED) is 0.0905. The summed E-state index contributed by atoms with van der Waals surface area (Å²) < 4.78 is 55.1. The van der Waals surface area contributed by atoms with Gasteiger partial charge in [-0.3, -0.25) is 0 Å². The monoisotopic (exact) mass is 680 g/mol. The van der Waals surface area contributed by atoms with Gasteiger partial charge in [-0.15, -0.1) is 0 Å². The summed E-state index contributed by atoms with van der Waals surface area (Å²) in [6.07, 6.45) is -0.359. The molecular formula is C39H37F3GeOSi. The van der Waals surface area contributed by atoms with Crippen LogP contribution in [0.5, 0.6) is 0 Å². The SMILES string of the molecule is CC(C)(C)[Si](O/C=C/C=[C](\C(F)(F)F)[Ge]([c]1ccccc1)([c]1ccccc1)[c]1ccccc1)(c1ccccc1)c1ccccc1. The third-order valence-corrected chi connectivity index (χ3v) is 23.4. The first-order valence-corrected chi connectivity index (χ1v) is 21.1. The van der Waals surface area contributed by atoms with Gasteiger partial charge in [0.25, 0.3) is 0 Å². The van der Waals surface area contributed by atoms with Crippen molar-refractivity contribution in [3.8, 4) is 0 Å². The molecule has 0 aliphatic heterocycles. The van der Waals surface area contributed by atoms with Crippen LogP contribution in [-0.2, 0) is 4.43 Å². The van der Waals surface area contributed by atoms with Crippen LogP contribution in [0.1, 0.15) is 20.8 Å². The molecule has 228 valence electrons. The van der Waals surface area contributed by atoms with Crippen molar-refractivity contribution in [2.24, 2.45) is 0 Å². The Labute approximate surface area is 268 Å². The van der Waals surface area contributed by atoms with Crippen molar-refractivity contribution in [2.75, 3.05) is 0 Å². The van der Waals surface area contributed by atoms with Crippen molar-refractivity contribution >= 4 is 45.1 Å². The van der Waals surface area contributed by atoms with Crippen LogP contribution >= 0.6 is 0 Å². The summed E-state index contributed by atoms with van der Waals surface area (Å²) in [6, 6.07) is 47.8. The van der Waals surface area contributed by atoms with Crippen molar-refractivity contribution in [3.63, 3.8) is 0 Å². The molecule has 0 bridgehead atoms. The van der Waals surface area contributed by atoms with Gasteiger partial charge in [0.1, 0.15) is 0 Å². The molecule has 0 unspecified atom stereocenters. The molecule has 0 N–H and O–H groups in total. The van der Waals surface area contributed by atoms with E-state index >= 15 is 13.2 Å². The van der Waals surface area contributed by atoms with Gasteiger partial charge in [-0.2, -0.15) is 0 Å². The summed E-state index contributed by atoms with van der Waals surface area (Å²) >= 11 is -4.57. The second-order valence-electron chi connectivity index (χ2n) is 12.0. The van der Waals surface area contributed by atoms with Crippen LogP contribution < -0.4 is 23.6 Å². The van der Waals surface area contributed by atoms with Crippen LogP contribution in [0.25, 0.3) is 0 Å². The van der Waals surface area contributed by atoms with Crippen molar-refractivity contribution in [1.82, 2.24) is 0 Å². The van der Waals surface area contributed by atoms with E-state index in [2.05, 4.69) is 45.0 Å². The summed E-state index contributed by atoms with van der Waals surface area (Å²) in [7, 11) is -2.99. The van der Waals surface area contributed by atoms with Crippen molar-refractivity contribution in [1.29, 1.82) is 0 Å². The molecule has 1 nitrogen and oxygen atoms in total. The number of benzene rings is 5. The van der Waals surface area contributed by atoms with Gasteiger partial charge in [-0.1, -0.05) is 0 Å². The van der Waals surface area contributed by atoms with Gasteiger partial charge in [-0.25, -0.2) is 0 Å². The van der Waals surface area contributed by atoms with Gasteiger partial charge in [0.2, 0.25) is 0 Å². The number of hydrogen-bond acceptors (Lipinski definition) is 1. The van der Waals surface area contributed by atoms with Crippen molar-refractivity contribution < 1.29 is 17.6 Å². The van der Waals surface area contributed by atoms with Gasteiger partial charge in [0.05, 0.1) is 0 Å². The van der Waals surface area contributed by atoms with Crippen LogP contribution in [0, 0.1) is 0 Å². The Morgan fingerprint density at radius 2 is 0.889 bits per heavy atom. The molecule has 0 heterocycles. The Hall–Kier alpha value is -4.07. The van der Waals surface area contributed by atoms with Crippen molar-refractivity contribution in [2.45, 2.75) is 32.0 Å². The zero-order chi connectivity index (χ0) is 32.0. The second-order valence-corrected chi connectivity index (χ2v) is 24.2. The fourth-order valence-electron chi connectivity index (χ4n) is 6.43. The molecule has 6 heteroatoms. The number of alkyl halides is 3. The third kappa shape index (κ3) is 6.37. The Morgan fingerprint density at radius 1 is 0.556 bits per heavy atom. The maximum absolute atomic E-state index is 15.6. The minimum absolute atomic E-state index is 0.323. The molecule has 0 radical (unpaired) electrons. The molecule has 0 saturated heterocycles. The fourth-order valence-corrected chi connectivity index (χ4v) is 20.8. The zero-order valence-electron chi connectivity index (χ0n) is 25.7. The first-order chi connectivity index (χ1) is 21.6. The van der Waals surface area contributed by atoms with E-state index in [1.807, 2.05) is 127 Å². The molecule has 0 amide bonds. The van der Waals surface area contributed by atoms with E-state index in [1.54, 1.807) is 0 Å². The predicted molar refractivity (Wildman–Crippen MR) is 186 cm³/mol. The average molecular weight is 679 g/mol. The molecule has 0 aromatic heterocycles. The van der Waals surface area contributed by atoms with Gasteiger partial charge in [-0.05, 0) is 0 Å². The molecule has 0 aliphatic rings. The number of rotatable bonds is 9. The second kappa shape index (κ2) is 13.5. The van der Waals surface area contributed by atoms with E-state index in [0.29, 0.717) is 13.2 Å². The van der Waals surface area contributed by atoms with E-state index in [-0.39, 0.29) is 5.04 Å². The predicted octanol–water partition coefficient (Wildman–Crippen LogP) is 7.28. The molecule has 45 heavy (non-hydrogen) atoms. The molecule has 0 saturated carbocycles. The normalized spacial score (nSPS) is 13.2. The number of hydrogen-bond donors (Lipinski definition) is 0. The topological polar surface area (TPSA) is 9.23 Å². The van der Waals surface area contributed by atoms with Gasteiger partial charge in [0, 0.05) is 0 Å². The molecule has 0 spiro atoms. The number of allylic oxidation sites excluding steroid dienone is 3. The van der Waals surface area contributed by atoms with E-state index in [1.165, 1.54) is 18.4 Å². The standard InChI is InChI=1S/C39H37F3GeOSi/c1-38(2,3)45(35-26-15-7-16-27-35,36-28-17-8-18-29-36)44-31-19-30-37(39(40,41)42)43(32-20-9-4-10-21-32,33-22-11-5-12-23-33)34-24-13-6-14-25-34/h4-31H,1-3H3/b31-19+,37-30+. The third-order valence-electron chi connectivity index (χ3n) is 8.33. The Morgan fingerprint density at radius 3 is 1.20 bits per heavy atom. The maximum atomic E-state index is 15.6. The van der Waals surface area contributed by atoms with E-state index in [9.17, 15) is 0 Å². The van der Waals surface area contributed by atoms with E-state index in [0.717, 1.165) is 10.4 Å². The van der Waals surface area contributed by atoms with Crippen LogP contribution in [0.15, 0.2) is 174 Å². The summed E-state index contributed by atoms with van der Waals surface area (Å²) in [5.74, 6) is 0. The molecule has 5 rings (SSSR count). The molecule has 0 fully saturated rings. The number of halogens is 3. The van der Waals surface area contributed by atoms with Gasteiger partial charge < -0.3 is 0 Å². The van der Waals surface area contributed by atoms with E-state index in [4.69, 9.17) is 4.43 Å². The Bertz CT molecular complexity index is 1580. The first kappa shape index (κ1) is 32.3. The van der Waals surface area contributed by atoms with Gasteiger partial charge in [0.15, 0.2) is 0 Å².